The van der Waals surface area contributed by atoms with Gasteiger partial charge in [0.15, 0.2) is 6.61 Å². The number of sulfonamides is 1. The van der Waals surface area contributed by atoms with Crippen molar-refractivity contribution in [2.24, 2.45) is 0 Å². The van der Waals surface area contributed by atoms with Gasteiger partial charge >= 0.3 is 0 Å². The summed E-state index contributed by atoms with van der Waals surface area (Å²) >= 11 is 0. The summed E-state index contributed by atoms with van der Waals surface area (Å²) in [7, 11) is -1.54. The molecule has 1 amide bonds. The van der Waals surface area contributed by atoms with Gasteiger partial charge in [0.2, 0.25) is 10.0 Å². The fraction of sp³-hybridized carbons (Fsp3) is 0.381. The number of ether oxygens (including phenoxy) is 1. The van der Waals surface area contributed by atoms with Gasteiger partial charge in [-0.2, -0.15) is 4.31 Å². The van der Waals surface area contributed by atoms with Gasteiger partial charge < -0.3 is 15.0 Å². The smallest absolute Gasteiger partial charge is 0.262 e. The molecule has 2 aromatic carbocycles. The van der Waals surface area contributed by atoms with Crippen LogP contribution in [0.3, 0.4) is 0 Å². The molecule has 1 aliphatic rings. The lowest BCUT2D eigenvalue weighted by atomic mass is 10.1. The summed E-state index contributed by atoms with van der Waals surface area (Å²) in [6, 6.07) is 12.0. The minimum Gasteiger partial charge on any atom is -0.483 e. The number of hydrogen-bond acceptors (Lipinski definition) is 5. The average molecular weight is 418 g/mol. The Morgan fingerprint density at radius 2 is 1.59 bits per heavy atom. The van der Waals surface area contributed by atoms with Crippen molar-refractivity contribution in [3.63, 3.8) is 0 Å². The van der Waals surface area contributed by atoms with E-state index in [1.54, 1.807) is 12.1 Å². The third kappa shape index (κ3) is 5.14. The summed E-state index contributed by atoms with van der Waals surface area (Å²) in [5, 5.41) is 2.74. The van der Waals surface area contributed by atoms with Crippen LogP contribution in [0.2, 0.25) is 0 Å². The fourth-order valence-corrected chi connectivity index (χ4v) is 4.67. The van der Waals surface area contributed by atoms with Crippen LogP contribution in [0.1, 0.15) is 11.1 Å². The Bertz CT molecular complexity index is 946. The third-order valence-electron chi connectivity index (χ3n) is 4.99. The number of aryl methyl sites for hydroxylation is 2. The quantitative estimate of drug-likeness (QED) is 0.780. The van der Waals surface area contributed by atoms with Crippen molar-refractivity contribution in [3.05, 3.63) is 53.6 Å². The maximum Gasteiger partial charge on any atom is 0.262 e. The SMILES string of the molecule is Cc1cccc(C)c1OCC(=O)Nc1ccc(S(=O)(=O)N2CCN(C)CC2)cc1. The zero-order chi connectivity index (χ0) is 21.0. The molecule has 0 aromatic heterocycles. The van der Waals surface area contributed by atoms with E-state index >= 15 is 0 Å². The van der Waals surface area contributed by atoms with E-state index in [9.17, 15) is 13.2 Å². The van der Waals surface area contributed by atoms with Crippen molar-refractivity contribution in [1.82, 2.24) is 9.21 Å². The van der Waals surface area contributed by atoms with Crippen LogP contribution in [0.25, 0.3) is 0 Å². The van der Waals surface area contributed by atoms with Crippen LogP contribution in [-0.4, -0.2) is 63.4 Å². The molecular weight excluding hydrogens is 390 g/mol. The highest BCUT2D eigenvalue weighted by molar-refractivity contribution is 7.89. The Morgan fingerprint density at radius 1 is 1.00 bits per heavy atom. The average Bonchev–Trinajstić information content (AvgIpc) is 2.68. The van der Waals surface area contributed by atoms with E-state index in [1.807, 2.05) is 39.1 Å². The molecule has 1 N–H and O–H groups in total. The molecule has 7 nitrogen and oxygen atoms in total. The number of nitrogens with one attached hydrogen (secondary N) is 1. The highest BCUT2D eigenvalue weighted by atomic mass is 32.2. The lowest BCUT2D eigenvalue weighted by Gasteiger charge is -2.31. The van der Waals surface area contributed by atoms with Crippen LogP contribution in [0.4, 0.5) is 5.69 Å². The van der Waals surface area contributed by atoms with Gasteiger partial charge in [-0.05, 0) is 56.3 Å². The number of carbonyl (C=O) groups excluding carboxylic acids is 1. The molecule has 2 aromatic rings. The standard InChI is InChI=1S/C21H27N3O4S/c1-16-5-4-6-17(2)21(16)28-15-20(25)22-18-7-9-19(10-8-18)29(26,27)24-13-11-23(3)12-14-24/h4-10H,11-15H2,1-3H3,(H,22,25). The molecule has 1 aliphatic heterocycles. The highest BCUT2D eigenvalue weighted by Crippen LogP contribution is 2.23. The molecule has 0 spiro atoms. The normalized spacial score (nSPS) is 15.8. The second-order valence-corrected chi connectivity index (χ2v) is 9.23. The number of hydrogen-bond donors (Lipinski definition) is 1. The second kappa shape index (κ2) is 8.94. The summed E-state index contributed by atoms with van der Waals surface area (Å²) in [5.41, 5.74) is 2.46. The maximum absolute atomic E-state index is 12.8. The van der Waals surface area contributed by atoms with E-state index in [4.69, 9.17) is 4.74 Å². The van der Waals surface area contributed by atoms with Gasteiger partial charge in [-0.1, -0.05) is 18.2 Å². The van der Waals surface area contributed by atoms with Crippen molar-refractivity contribution in [1.29, 1.82) is 0 Å². The van der Waals surface area contributed by atoms with Gasteiger partial charge in [0.05, 0.1) is 4.90 Å². The lowest BCUT2D eigenvalue weighted by Crippen LogP contribution is -2.46. The minimum atomic E-state index is -3.52. The number of benzene rings is 2. The number of para-hydroxylation sites is 1. The molecule has 0 unspecified atom stereocenters. The summed E-state index contributed by atoms with van der Waals surface area (Å²) in [5.74, 6) is 0.401. The van der Waals surface area contributed by atoms with E-state index in [-0.39, 0.29) is 17.4 Å². The monoisotopic (exact) mass is 417 g/mol. The van der Waals surface area contributed by atoms with E-state index in [0.29, 0.717) is 37.6 Å². The first-order valence-corrected chi connectivity index (χ1v) is 11.0. The summed E-state index contributed by atoms with van der Waals surface area (Å²) in [6.07, 6.45) is 0. The highest BCUT2D eigenvalue weighted by Gasteiger charge is 2.27. The number of likely N-dealkylation sites (N-methyl/N-ethyl adjacent to an activating group) is 1. The molecule has 1 heterocycles. The van der Waals surface area contributed by atoms with Gasteiger partial charge in [-0.25, -0.2) is 8.42 Å². The predicted octanol–water partition coefficient (Wildman–Crippen LogP) is 2.26. The van der Waals surface area contributed by atoms with Crippen molar-refractivity contribution >= 4 is 21.6 Å². The van der Waals surface area contributed by atoms with E-state index in [0.717, 1.165) is 11.1 Å². The Morgan fingerprint density at radius 3 is 2.17 bits per heavy atom. The van der Waals surface area contributed by atoms with Crippen LogP contribution in [0, 0.1) is 13.8 Å². The van der Waals surface area contributed by atoms with Gasteiger partial charge in [0.1, 0.15) is 5.75 Å². The molecule has 3 rings (SSSR count). The Balaban J connectivity index is 1.59. The van der Waals surface area contributed by atoms with Gasteiger partial charge in [-0.15, -0.1) is 0 Å². The zero-order valence-electron chi connectivity index (χ0n) is 17.0. The van der Waals surface area contributed by atoms with Gasteiger partial charge in [-0.3, -0.25) is 4.79 Å². The topological polar surface area (TPSA) is 78.9 Å². The van der Waals surface area contributed by atoms with Crippen LogP contribution >= 0.6 is 0 Å². The van der Waals surface area contributed by atoms with Crippen molar-refractivity contribution in [2.75, 3.05) is 45.2 Å². The van der Waals surface area contributed by atoms with Crippen LogP contribution in [-0.2, 0) is 14.8 Å². The largest absolute Gasteiger partial charge is 0.483 e. The first-order chi connectivity index (χ1) is 13.8. The van der Waals surface area contributed by atoms with Crippen LogP contribution in [0.15, 0.2) is 47.4 Å². The molecule has 0 aliphatic carbocycles. The number of amides is 1. The number of nitrogens with zero attached hydrogens (tertiary/aromatic N) is 2. The molecule has 0 bridgehead atoms. The first-order valence-electron chi connectivity index (χ1n) is 9.55. The third-order valence-corrected chi connectivity index (χ3v) is 6.91. The zero-order valence-corrected chi connectivity index (χ0v) is 17.8. The number of carbonyl (C=O) groups is 1. The fourth-order valence-electron chi connectivity index (χ4n) is 3.25. The molecule has 156 valence electrons. The molecule has 1 fully saturated rings. The Hall–Kier alpha value is -2.42. The molecular formula is C21H27N3O4S. The summed E-state index contributed by atoms with van der Waals surface area (Å²) in [4.78, 5) is 14.5. The molecule has 8 heteroatoms. The van der Waals surface area contributed by atoms with E-state index < -0.39 is 10.0 Å². The maximum atomic E-state index is 12.8. The predicted molar refractivity (Wildman–Crippen MR) is 113 cm³/mol. The first kappa shape index (κ1) is 21.3. The van der Waals surface area contributed by atoms with Crippen molar-refractivity contribution < 1.29 is 17.9 Å². The second-order valence-electron chi connectivity index (χ2n) is 7.29. The Kier molecular flexibility index (Phi) is 6.56. The minimum absolute atomic E-state index is 0.118. The molecule has 0 atom stereocenters. The van der Waals surface area contributed by atoms with Crippen molar-refractivity contribution in [3.8, 4) is 5.75 Å². The van der Waals surface area contributed by atoms with Crippen LogP contribution in [0.5, 0.6) is 5.75 Å². The van der Waals surface area contributed by atoms with E-state index in [1.165, 1.54) is 16.4 Å². The lowest BCUT2D eigenvalue weighted by molar-refractivity contribution is -0.118. The summed E-state index contributed by atoms with van der Waals surface area (Å²) in [6.45, 7) is 6.13. The molecule has 29 heavy (non-hydrogen) atoms. The number of anilines is 1. The number of piperazine rings is 1. The van der Waals surface area contributed by atoms with Crippen LogP contribution < -0.4 is 10.1 Å². The van der Waals surface area contributed by atoms with E-state index in [2.05, 4.69) is 10.2 Å². The van der Waals surface area contributed by atoms with Crippen molar-refractivity contribution in [2.45, 2.75) is 18.7 Å². The van der Waals surface area contributed by atoms with Gasteiger partial charge in [0, 0.05) is 31.9 Å². The molecule has 0 radical (unpaired) electrons. The Labute approximate surface area is 172 Å². The molecule has 1 saturated heterocycles. The number of rotatable bonds is 6. The summed E-state index contributed by atoms with van der Waals surface area (Å²) < 4.78 is 32.6. The van der Waals surface area contributed by atoms with Gasteiger partial charge in [0.25, 0.3) is 5.91 Å². The molecule has 0 saturated carbocycles.